The molecule has 0 heterocycles. The van der Waals surface area contributed by atoms with Crippen LogP contribution in [0, 0.1) is 0 Å². The smallest absolute Gasteiger partial charge is 0.197 e. The van der Waals surface area contributed by atoms with Gasteiger partial charge in [-0.2, -0.15) is 26.7 Å². The van der Waals surface area contributed by atoms with Crippen LogP contribution in [-0.2, 0) is 0 Å². The Bertz CT molecular complexity index is 60.0. The van der Waals surface area contributed by atoms with E-state index in [4.69, 9.17) is 0 Å². The number of rotatable bonds is 0. The van der Waals surface area contributed by atoms with Crippen LogP contribution >= 0.6 is 13.5 Å². The lowest BCUT2D eigenvalue weighted by atomic mass is 11.5. The van der Waals surface area contributed by atoms with Crippen LogP contribution in [0.15, 0.2) is 0 Å². The second kappa shape index (κ2) is 3.40. The predicted octanol–water partition coefficient (Wildman–Crippen LogP) is 1.69. The molecule has 0 aromatic carbocycles. The van der Waals surface area contributed by atoms with Gasteiger partial charge in [-0.25, -0.2) is 0 Å². The van der Waals surface area contributed by atoms with E-state index in [0.29, 0.717) is 0 Å². The molecule has 0 rings (SSSR count). The second-order valence-corrected chi connectivity index (χ2v) is 4.66. The van der Waals surface area contributed by atoms with Crippen molar-refractivity contribution in [1.82, 2.24) is 0 Å². The first-order valence-corrected chi connectivity index (χ1v) is 4.90. The Labute approximate surface area is 55.1 Å². The fourth-order valence-corrected chi connectivity index (χ4v) is 0. The maximum atomic E-state index is 11.2. The minimum Gasteiger partial charge on any atom is -0.197 e. The van der Waals surface area contributed by atoms with Gasteiger partial charge in [-0.15, -0.1) is 0 Å². The lowest BCUT2D eigenvalue weighted by Crippen LogP contribution is -2.26. The number of hydrogen-bond acceptors (Lipinski definition) is 0. The average molecular weight is 162 g/mol. The van der Waals surface area contributed by atoms with Crippen molar-refractivity contribution in [2.24, 2.45) is 0 Å². The molecule has 0 unspecified atom stereocenters. The molecule has 0 bridgehead atoms. The molecule has 0 aliphatic carbocycles. The van der Waals surface area contributed by atoms with Crippen molar-refractivity contribution in [2.45, 2.75) is 18.9 Å². The van der Waals surface area contributed by atoms with Crippen LogP contribution in [0.3, 0.4) is 0 Å². The maximum Gasteiger partial charge on any atom is 0.357 e. The second-order valence-electron chi connectivity index (χ2n) is 1.70. The summed E-state index contributed by atoms with van der Waals surface area (Å²) in [5.74, 6) is -3.86. The molecule has 0 spiro atoms. The summed E-state index contributed by atoms with van der Waals surface area (Å²) >= 11 is 0. The molecule has 0 N–H and O–H groups in total. The molecule has 5 heteroatoms. The van der Waals surface area contributed by atoms with Gasteiger partial charge in [-0.1, -0.05) is 13.1 Å². The Morgan fingerprint density at radius 2 is 1.25 bits per heavy atom. The van der Waals surface area contributed by atoms with Gasteiger partial charge in [0.25, 0.3) is 0 Å². The summed E-state index contributed by atoms with van der Waals surface area (Å²) in [5.41, 5.74) is 0. The molecule has 0 nitrogen and oxygen atoms in total. The van der Waals surface area contributed by atoms with Crippen molar-refractivity contribution in [2.75, 3.05) is 0 Å². The number of halogens is 3. The van der Waals surface area contributed by atoms with E-state index in [-0.39, 0.29) is 13.5 Å². The molecule has 0 radical (unpaired) electrons. The van der Waals surface area contributed by atoms with Gasteiger partial charge >= 0.3 is 5.80 Å². The van der Waals surface area contributed by atoms with E-state index in [1.807, 2.05) is 0 Å². The van der Waals surface area contributed by atoms with Gasteiger partial charge in [0.2, 0.25) is 0 Å². The first-order chi connectivity index (χ1) is 2.94. The Morgan fingerprint density at radius 3 is 1.25 bits per heavy atom. The van der Waals surface area contributed by atoms with Gasteiger partial charge in [-0.05, 0) is 0 Å². The maximum absolute atomic E-state index is 11.2. The van der Waals surface area contributed by atoms with Crippen molar-refractivity contribution in [3.63, 3.8) is 0 Å². The van der Waals surface area contributed by atoms with Crippen LogP contribution in [0.25, 0.3) is 0 Å². The summed E-state index contributed by atoms with van der Waals surface area (Å²) in [6, 6.07) is 0. The summed E-state index contributed by atoms with van der Waals surface area (Å²) in [4.78, 5) is 0. The zero-order valence-corrected chi connectivity index (χ0v) is 6.87. The van der Waals surface area contributed by atoms with Gasteiger partial charge in [0.05, 0.1) is 0 Å². The minimum absolute atomic E-state index is 0. The van der Waals surface area contributed by atoms with Crippen molar-refractivity contribution in [3.05, 3.63) is 0 Å². The van der Waals surface area contributed by atoms with Crippen molar-refractivity contribution >= 4 is 22.3 Å². The summed E-state index contributed by atoms with van der Waals surface area (Å²) in [5, 5.41) is 0. The molecule has 0 aromatic heterocycles. The van der Waals surface area contributed by atoms with Crippen molar-refractivity contribution in [1.29, 1.82) is 0 Å². The van der Waals surface area contributed by atoms with E-state index in [1.165, 1.54) is 13.1 Å². The molecular formula is C3H9F3SSi. The standard InChI is InChI=1S/C3H7F3Si.H2S/c1-7(2)3(4,5)6;/h7H,1-2H3;1H2. The third-order valence-corrected chi connectivity index (χ3v) is 1.96. The zero-order valence-electron chi connectivity index (χ0n) is 4.71. The van der Waals surface area contributed by atoms with Gasteiger partial charge in [0.1, 0.15) is 0 Å². The molecule has 52 valence electrons. The number of hydrogen-bond donors (Lipinski definition) is 0. The fraction of sp³-hybridized carbons (Fsp3) is 1.00. The zero-order chi connectivity index (χ0) is 6.08. The normalized spacial score (nSPS) is 11.2. The Hall–Kier alpha value is 0.357. The first-order valence-electron chi connectivity index (χ1n) is 2.01. The predicted molar refractivity (Wildman–Crippen MR) is 35.3 cm³/mol. The topological polar surface area (TPSA) is 0 Å². The molecule has 0 fully saturated rings. The summed E-state index contributed by atoms with van der Waals surface area (Å²) in [7, 11) is -2.36. The molecule has 0 aliphatic heterocycles. The van der Waals surface area contributed by atoms with Gasteiger partial charge < -0.3 is 0 Å². The van der Waals surface area contributed by atoms with E-state index in [1.54, 1.807) is 0 Å². The monoisotopic (exact) mass is 162 g/mol. The average Bonchev–Trinajstić information content (AvgIpc) is 1.31. The highest BCUT2D eigenvalue weighted by molar-refractivity contribution is 7.59. The largest absolute Gasteiger partial charge is 0.357 e. The molecule has 0 saturated carbocycles. The van der Waals surface area contributed by atoms with Crippen LogP contribution in [0.4, 0.5) is 13.2 Å². The molecular weight excluding hydrogens is 153 g/mol. The van der Waals surface area contributed by atoms with Gasteiger partial charge in [-0.3, -0.25) is 0 Å². The minimum atomic E-state index is -3.86. The van der Waals surface area contributed by atoms with Gasteiger partial charge in [0, 0.05) is 0 Å². The lowest BCUT2D eigenvalue weighted by molar-refractivity contribution is -0.0505. The number of alkyl halides is 3. The first kappa shape index (κ1) is 11.2. The van der Waals surface area contributed by atoms with E-state index in [0.717, 1.165) is 0 Å². The summed E-state index contributed by atoms with van der Waals surface area (Å²) in [6.07, 6.45) is 0. The van der Waals surface area contributed by atoms with Crippen molar-refractivity contribution < 1.29 is 13.2 Å². The van der Waals surface area contributed by atoms with E-state index >= 15 is 0 Å². The van der Waals surface area contributed by atoms with Crippen LogP contribution in [0.1, 0.15) is 0 Å². The highest BCUT2D eigenvalue weighted by Gasteiger charge is 2.32. The van der Waals surface area contributed by atoms with Crippen LogP contribution in [0.2, 0.25) is 13.1 Å². The van der Waals surface area contributed by atoms with E-state index in [9.17, 15) is 13.2 Å². The van der Waals surface area contributed by atoms with E-state index < -0.39 is 14.6 Å². The molecule has 0 saturated heterocycles. The van der Waals surface area contributed by atoms with Gasteiger partial charge in [0.15, 0.2) is 8.80 Å². The Kier molecular flexibility index (Phi) is 4.75. The van der Waals surface area contributed by atoms with Crippen molar-refractivity contribution in [3.8, 4) is 0 Å². The van der Waals surface area contributed by atoms with E-state index in [2.05, 4.69) is 0 Å². The molecule has 0 atom stereocenters. The van der Waals surface area contributed by atoms with Crippen LogP contribution in [-0.4, -0.2) is 14.6 Å². The molecule has 8 heavy (non-hydrogen) atoms. The Morgan fingerprint density at radius 1 is 1.12 bits per heavy atom. The SMILES string of the molecule is C[SiH](C)C(F)(F)F.S. The summed E-state index contributed by atoms with van der Waals surface area (Å²) < 4.78 is 33.7. The van der Waals surface area contributed by atoms with Crippen LogP contribution < -0.4 is 0 Å². The molecule has 0 amide bonds. The lowest BCUT2D eigenvalue weighted by Gasteiger charge is -2.06. The third kappa shape index (κ3) is 4.51. The fourth-order valence-electron chi connectivity index (χ4n) is 0. The quantitative estimate of drug-likeness (QED) is 0.475. The third-order valence-electron chi connectivity index (χ3n) is 0.655. The Balaban J connectivity index is 0. The van der Waals surface area contributed by atoms with Crippen LogP contribution in [0.5, 0.6) is 0 Å². The highest BCUT2D eigenvalue weighted by Crippen LogP contribution is 2.17. The molecule has 0 aliphatic rings. The molecule has 0 aromatic rings. The summed E-state index contributed by atoms with van der Waals surface area (Å²) in [6.45, 7) is 2.53. The highest BCUT2D eigenvalue weighted by atomic mass is 32.1.